The van der Waals surface area contributed by atoms with Gasteiger partial charge in [0.05, 0.1) is 12.2 Å². The molecule has 4 heteroatoms. The van der Waals surface area contributed by atoms with Crippen LogP contribution in [0.25, 0.3) is 11.8 Å². The summed E-state index contributed by atoms with van der Waals surface area (Å²) in [5.74, 6) is 0.207. The van der Waals surface area contributed by atoms with E-state index < -0.39 is 0 Å². The first kappa shape index (κ1) is 16.4. The Labute approximate surface area is 136 Å². The average molecular weight is 318 g/mol. The fourth-order valence-corrected chi connectivity index (χ4v) is 2.58. The van der Waals surface area contributed by atoms with Crippen molar-refractivity contribution >= 4 is 23.6 Å². The van der Waals surface area contributed by atoms with E-state index in [9.17, 15) is 4.79 Å². The molecular weight excluding hydrogens is 298 g/mol. The molecule has 1 aromatic heterocycles. The van der Waals surface area contributed by atoms with E-state index in [4.69, 9.17) is 16.3 Å². The fraction of sp³-hybridized carbons (Fsp3) is 0.278. The molecule has 0 amide bonds. The smallest absolute Gasteiger partial charge is 0.338 e. The third kappa shape index (κ3) is 3.42. The summed E-state index contributed by atoms with van der Waals surface area (Å²) in [6, 6.07) is 9.57. The largest absolute Gasteiger partial charge is 0.462 e. The van der Waals surface area contributed by atoms with Crippen LogP contribution in [0.1, 0.15) is 34.2 Å². The van der Waals surface area contributed by atoms with Crippen molar-refractivity contribution in [2.45, 2.75) is 20.8 Å². The maximum absolute atomic E-state index is 11.7. The number of aryl methyl sites for hydroxylation is 1. The number of alkyl halides is 1. The second-order valence-electron chi connectivity index (χ2n) is 4.99. The second kappa shape index (κ2) is 7.32. The zero-order valence-corrected chi connectivity index (χ0v) is 13.9. The Kier molecular flexibility index (Phi) is 5.45. The predicted molar refractivity (Wildman–Crippen MR) is 91.0 cm³/mol. The van der Waals surface area contributed by atoms with Crippen molar-refractivity contribution in [1.82, 2.24) is 4.57 Å². The molecule has 2 rings (SSSR count). The van der Waals surface area contributed by atoms with Crippen molar-refractivity contribution in [1.29, 1.82) is 0 Å². The van der Waals surface area contributed by atoms with Crippen LogP contribution < -0.4 is 0 Å². The number of ether oxygens (including phenoxy) is 1. The van der Waals surface area contributed by atoms with Gasteiger partial charge in [-0.3, -0.25) is 0 Å². The lowest BCUT2D eigenvalue weighted by Crippen LogP contribution is -2.05. The zero-order chi connectivity index (χ0) is 16.1. The van der Waals surface area contributed by atoms with Crippen LogP contribution >= 0.6 is 11.6 Å². The lowest BCUT2D eigenvalue weighted by molar-refractivity contribution is 0.0526. The van der Waals surface area contributed by atoms with Crippen LogP contribution in [0.3, 0.4) is 0 Å². The molecule has 0 aliphatic heterocycles. The van der Waals surface area contributed by atoms with Gasteiger partial charge in [0.15, 0.2) is 0 Å². The highest BCUT2D eigenvalue weighted by molar-refractivity contribution is 6.19. The Hall–Kier alpha value is -2.00. The number of carbonyl (C=O) groups is 1. The van der Waals surface area contributed by atoms with Crippen molar-refractivity contribution in [2.75, 3.05) is 12.5 Å². The summed E-state index contributed by atoms with van der Waals surface area (Å²) < 4.78 is 7.16. The fourth-order valence-electron chi connectivity index (χ4n) is 2.49. The van der Waals surface area contributed by atoms with Gasteiger partial charge in [0.1, 0.15) is 0 Å². The highest BCUT2D eigenvalue weighted by Crippen LogP contribution is 2.22. The zero-order valence-electron chi connectivity index (χ0n) is 13.1. The van der Waals surface area contributed by atoms with E-state index in [1.165, 1.54) is 0 Å². The lowest BCUT2D eigenvalue weighted by atomic mass is 10.2. The minimum atomic E-state index is -0.291. The number of halogens is 1. The second-order valence-corrected chi connectivity index (χ2v) is 5.29. The van der Waals surface area contributed by atoms with Gasteiger partial charge >= 0.3 is 5.97 Å². The molecule has 0 fully saturated rings. The van der Waals surface area contributed by atoms with Crippen LogP contribution in [-0.4, -0.2) is 23.0 Å². The summed E-state index contributed by atoms with van der Waals surface area (Å²) in [4.78, 5) is 11.7. The first-order valence-electron chi connectivity index (χ1n) is 7.27. The summed E-state index contributed by atoms with van der Waals surface area (Å²) in [6.07, 6.45) is 3.95. The number of benzene rings is 1. The van der Waals surface area contributed by atoms with E-state index in [-0.39, 0.29) is 5.97 Å². The van der Waals surface area contributed by atoms with Crippen molar-refractivity contribution in [2.24, 2.45) is 0 Å². The Bertz CT molecular complexity index is 684. The molecule has 0 aliphatic carbocycles. The molecule has 22 heavy (non-hydrogen) atoms. The molecule has 0 saturated heterocycles. The van der Waals surface area contributed by atoms with Gasteiger partial charge in [0.25, 0.3) is 0 Å². The van der Waals surface area contributed by atoms with Gasteiger partial charge in [-0.05, 0) is 56.7 Å². The molecule has 0 atom stereocenters. The molecule has 1 heterocycles. The van der Waals surface area contributed by atoms with Crippen molar-refractivity contribution in [3.63, 3.8) is 0 Å². The number of hydrogen-bond acceptors (Lipinski definition) is 2. The number of rotatable bonds is 5. The number of esters is 1. The number of hydrogen-bond donors (Lipinski definition) is 0. The van der Waals surface area contributed by atoms with E-state index in [0.717, 1.165) is 22.6 Å². The molecule has 116 valence electrons. The Morgan fingerprint density at radius 2 is 1.95 bits per heavy atom. The standard InChI is InChI=1S/C18H20ClNO2/c1-4-22-18(21)15-7-9-17(10-8-15)20-13(2)12-16(14(20)3)6-5-11-19/h5-10,12H,4,11H2,1-3H3. The molecular formula is C18H20ClNO2. The van der Waals surface area contributed by atoms with Gasteiger partial charge in [0.2, 0.25) is 0 Å². The monoisotopic (exact) mass is 317 g/mol. The number of nitrogens with zero attached hydrogens (tertiary/aromatic N) is 1. The summed E-state index contributed by atoms with van der Waals surface area (Å²) >= 11 is 5.70. The van der Waals surface area contributed by atoms with Gasteiger partial charge in [0, 0.05) is 23.0 Å². The van der Waals surface area contributed by atoms with E-state index in [2.05, 4.69) is 24.5 Å². The Morgan fingerprint density at radius 1 is 1.27 bits per heavy atom. The molecule has 0 radical (unpaired) electrons. The molecule has 0 saturated carbocycles. The number of aromatic nitrogens is 1. The normalized spacial score (nSPS) is 11.1. The molecule has 0 aliphatic rings. The van der Waals surface area contributed by atoms with Gasteiger partial charge in [-0.2, -0.15) is 0 Å². The molecule has 0 N–H and O–H groups in total. The third-order valence-corrected chi connectivity index (χ3v) is 3.67. The molecule has 2 aromatic rings. The summed E-state index contributed by atoms with van der Waals surface area (Å²) in [7, 11) is 0. The maximum Gasteiger partial charge on any atom is 0.338 e. The van der Waals surface area contributed by atoms with Crippen molar-refractivity contribution in [3.8, 4) is 5.69 Å². The first-order chi connectivity index (χ1) is 10.6. The summed E-state index contributed by atoms with van der Waals surface area (Å²) in [6.45, 7) is 6.31. The molecule has 3 nitrogen and oxygen atoms in total. The Balaban J connectivity index is 2.34. The highest BCUT2D eigenvalue weighted by atomic mass is 35.5. The van der Waals surface area contributed by atoms with Crippen LogP contribution in [0.5, 0.6) is 0 Å². The molecule has 1 aromatic carbocycles. The molecule has 0 spiro atoms. The predicted octanol–water partition coefficient (Wildman–Crippen LogP) is 4.52. The van der Waals surface area contributed by atoms with Crippen LogP contribution in [0.4, 0.5) is 0 Å². The summed E-state index contributed by atoms with van der Waals surface area (Å²) in [5.41, 5.74) is 5.01. The van der Waals surface area contributed by atoms with Gasteiger partial charge in [-0.1, -0.05) is 12.2 Å². The first-order valence-corrected chi connectivity index (χ1v) is 7.81. The van der Waals surface area contributed by atoms with Crippen LogP contribution in [0.2, 0.25) is 0 Å². The maximum atomic E-state index is 11.7. The topological polar surface area (TPSA) is 31.2 Å². The number of allylic oxidation sites excluding steroid dienone is 1. The molecule has 0 unspecified atom stereocenters. The Morgan fingerprint density at radius 3 is 2.55 bits per heavy atom. The quantitative estimate of drug-likeness (QED) is 0.599. The third-order valence-electron chi connectivity index (χ3n) is 3.49. The van der Waals surface area contributed by atoms with Gasteiger partial charge in [-0.15, -0.1) is 11.6 Å². The minimum absolute atomic E-state index is 0.291. The summed E-state index contributed by atoms with van der Waals surface area (Å²) in [5, 5.41) is 0. The average Bonchev–Trinajstić information content (AvgIpc) is 2.80. The van der Waals surface area contributed by atoms with Gasteiger partial charge in [-0.25, -0.2) is 4.79 Å². The van der Waals surface area contributed by atoms with E-state index in [0.29, 0.717) is 18.1 Å². The van der Waals surface area contributed by atoms with Crippen LogP contribution in [0, 0.1) is 13.8 Å². The highest BCUT2D eigenvalue weighted by Gasteiger charge is 2.10. The van der Waals surface area contributed by atoms with Crippen molar-refractivity contribution in [3.05, 3.63) is 58.9 Å². The van der Waals surface area contributed by atoms with E-state index >= 15 is 0 Å². The van der Waals surface area contributed by atoms with Crippen molar-refractivity contribution < 1.29 is 9.53 Å². The number of carbonyl (C=O) groups excluding carboxylic acids is 1. The van der Waals surface area contributed by atoms with E-state index in [1.54, 1.807) is 19.1 Å². The van der Waals surface area contributed by atoms with Crippen LogP contribution in [0.15, 0.2) is 36.4 Å². The minimum Gasteiger partial charge on any atom is -0.462 e. The SMILES string of the molecule is CCOC(=O)c1ccc(-n2c(C)cc(C=CCCl)c2C)cc1. The van der Waals surface area contributed by atoms with Gasteiger partial charge < -0.3 is 9.30 Å². The molecule has 0 bridgehead atoms. The van der Waals surface area contributed by atoms with Crippen LogP contribution in [-0.2, 0) is 4.74 Å². The van der Waals surface area contributed by atoms with E-state index in [1.807, 2.05) is 24.3 Å². The lowest BCUT2D eigenvalue weighted by Gasteiger charge is -2.10.